The van der Waals surface area contributed by atoms with E-state index in [-0.39, 0.29) is 5.41 Å². The summed E-state index contributed by atoms with van der Waals surface area (Å²) in [5.41, 5.74) is 34.3. The Balaban J connectivity index is 0.632. The predicted octanol–water partition coefficient (Wildman–Crippen LogP) is 30.0. The van der Waals surface area contributed by atoms with Crippen molar-refractivity contribution in [1.29, 1.82) is 0 Å². The second kappa shape index (κ2) is 26.1. The van der Waals surface area contributed by atoms with E-state index in [1.165, 1.54) is 38.9 Å². The Morgan fingerprint density at radius 3 is 1.15 bits per heavy atom. The van der Waals surface area contributed by atoms with Gasteiger partial charge in [0.1, 0.15) is 33.5 Å². The first-order valence-corrected chi connectivity index (χ1v) is 37.7. The van der Waals surface area contributed by atoms with E-state index in [9.17, 15) is 0 Å². The molecule has 20 aromatic rings. The van der Waals surface area contributed by atoms with Crippen LogP contribution in [-0.2, 0) is 5.41 Å². The molecule has 0 bridgehead atoms. The number of rotatable bonds is 14. The van der Waals surface area contributed by atoms with Crippen molar-refractivity contribution < 1.29 is 13.3 Å². The lowest BCUT2D eigenvalue weighted by Crippen LogP contribution is -2.16. The van der Waals surface area contributed by atoms with E-state index in [0.29, 0.717) is 0 Å². The molecule has 518 valence electrons. The van der Waals surface area contributed by atoms with Gasteiger partial charge in [-0.2, -0.15) is 0 Å². The zero-order chi connectivity index (χ0) is 73.0. The Morgan fingerprint density at radius 1 is 0.182 bits per heavy atom. The predicted molar refractivity (Wildman–Crippen MR) is 459 cm³/mol. The van der Waals surface area contributed by atoms with Crippen molar-refractivity contribution in [2.24, 2.45) is 0 Å². The number of benzene rings is 17. The topological polar surface area (TPSA) is 45.9 Å². The van der Waals surface area contributed by atoms with E-state index in [4.69, 9.17) is 13.3 Å². The fourth-order valence-electron chi connectivity index (χ4n) is 17.1. The standard InChI is InChI=1S/C105H70N2O3/c1-105(2)96-30-15-12-27-85(96)86-58-55-84(62-97(86)105)106(82-53-45-74(46-54-82)92-65-103-94(88-29-14-17-32-100(88)109-103)63-91(92)79-48-57-89-87-28-13-16-31-99(87)108-102(89)61-79)81-49-43-73(44-50-81)76-23-18-24-77(59-76)78-47-56-90-95-64-93(75-39-37-70(38-40-75)68-21-8-4-9-22-68)98(66-104(95)110-101(90)60-78)107(80-25-10-5-11-26-80)83-51-41-72(42-52-83)71-35-33-69(34-36-71)67-19-6-3-7-20-67/h3-66H,1-2H3. The average Bonchev–Trinajstić information content (AvgIpc) is 1.56. The third-order valence-corrected chi connectivity index (χ3v) is 22.7. The van der Waals surface area contributed by atoms with Crippen LogP contribution in [0.4, 0.5) is 34.1 Å². The van der Waals surface area contributed by atoms with Crippen LogP contribution in [0.1, 0.15) is 25.0 Å². The van der Waals surface area contributed by atoms with Crippen molar-refractivity contribution in [2.45, 2.75) is 19.3 Å². The second-order valence-corrected chi connectivity index (χ2v) is 29.5. The van der Waals surface area contributed by atoms with E-state index in [0.717, 1.165) is 172 Å². The zero-order valence-electron chi connectivity index (χ0n) is 60.6. The van der Waals surface area contributed by atoms with Crippen LogP contribution < -0.4 is 9.80 Å². The molecule has 110 heavy (non-hydrogen) atoms. The molecule has 0 aliphatic heterocycles. The molecule has 5 heteroatoms. The average molecular weight is 1410 g/mol. The molecule has 3 aromatic heterocycles. The van der Waals surface area contributed by atoms with E-state index >= 15 is 0 Å². The summed E-state index contributed by atoms with van der Waals surface area (Å²) >= 11 is 0. The van der Waals surface area contributed by atoms with Gasteiger partial charge in [-0.05, 0) is 227 Å². The molecule has 1 aliphatic rings. The number of para-hydroxylation sites is 3. The molecule has 0 amide bonds. The lowest BCUT2D eigenvalue weighted by molar-refractivity contribution is 0.660. The first kappa shape index (κ1) is 64.1. The van der Waals surface area contributed by atoms with Gasteiger partial charge in [0.25, 0.3) is 0 Å². The van der Waals surface area contributed by atoms with Crippen molar-refractivity contribution in [2.75, 3.05) is 9.80 Å². The highest BCUT2D eigenvalue weighted by molar-refractivity contribution is 6.12. The van der Waals surface area contributed by atoms with Crippen molar-refractivity contribution in [1.82, 2.24) is 0 Å². The molecule has 1 aliphatic carbocycles. The molecule has 5 nitrogen and oxygen atoms in total. The van der Waals surface area contributed by atoms with Crippen molar-refractivity contribution >= 4 is 99.9 Å². The fourth-order valence-corrected chi connectivity index (χ4v) is 17.1. The van der Waals surface area contributed by atoms with E-state index in [1.54, 1.807) is 0 Å². The van der Waals surface area contributed by atoms with Gasteiger partial charge >= 0.3 is 0 Å². The van der Waals surface area contributed by atoms with Gasteiger partial charge in [0.05, 0.1) is 5.69 Å². The molecule has 0 N–H and O–H groups in total. The number of hydrogen-bond acceptors (Lipinski definition) is 5. The maximum Gasteiger partial charge on any atom is 0.137 e. The Hall–Kier alpha value is -14.3. The minimum atomic E-state index is -0.195. The van der Waals surface area contributed by atoms with Gasteiger partial charge in [0.2, 0.25) is 0 Å². The first-order valence-electron chi connectivity index (χ1n) is 37.7. The second-order valence-electron chi connectivity index (χ2n) is 29.5. The van der Waals surface area contributed by atoms with Gasteiger partial charge in [-0.15, -0.1) is 0 Å². The van der Waals surface area contributed by atoms with Gasteiger partial charge < -0.3 is 23.1 Å². The van der Waals surface area contributed by atoms with Gasteiger partial charge in [-0.3, -0.25) is 0 Å². The molecule has 17 aromatic carbocycles. The summed E-state index contributed by atoms with van der Waals surface area (Å²) in [6, 6.07) is 141. The number of anilines is 6. The summed E-state index contributed by atoms with van der Waals surface area (Å²) in [6.07, 6.45) is 0. The van der Waals surface area contributed by atoms with Crippen molar-refractivity contribution in [3.63, 3.8) is 0 Å². The Bertz CT molecular complexity index is 6930. The van der Waals surface area contributed by atoms with Gasteiger partial charge in [0, 0.05) is 77.8 Å². The quantitative estimate of drug-likeness (QED) is 0.109. The lowest BCUT2D eigenvalue weighted by atomic mass is 9.82. The van der Waals surface area contributed by atoms with Crippen LogP contribution in [0.2, 0.25) is 0 Å². The van der Waals surface area contributed by atoms with Crippen LogP contribution in [-0.4, -0.2) is 0 Å². The number of hydrogen-bond donors (Lipinski definition) is 0. The molecule has 0 saturated carbocycles. The van der Waals surface area contributed by atoms with E-state index in [1.807, 2.05) is 18.2 Å². The minimum Gasteiger partial charge on any atom is -0.456 e. The molecular formula is C105H70N2O3. The zero-order valence-corrected chi connectivity index (χ0v) is 60.6. The third kappa shape index (κ3) is 11.1. The molecule has 21 rings (SSSR count). The van der Waals surface area contributed by atoms with E-state index < -0.39 is 0 Å². The summed E-state index contributed by atoms with van der Waals surface area (Å²) in [5, 5.41) is 6.48. The molecule has 0 unspecified atom stereocenters. The summed E-state index contributed by atoms with van der Waals surface area (Å²) in [5.74, 6) is 0. The molecular weight excluding hydrogens is 1340 g/mol. The number of fused-ring (bicyclic) bond motifs is 12. The highest BCUT2D eigenvalue weighted by atomic mass is 16.3. The first-order chi connectivity index (χ1) is 54.2. The van der Waals surface area contributed by atoms with Crippen LogP contribution in [0.3, 0.4) is 0 Å². The number of furan rings is 3. The molecule has 0 radical (unpaired) electrons. The molecule has 3 heterocycles. The molecule has 0 spiro atoms. The molecule has 0 atom stereocenters. The summed E-state index contributed by atoms with van der Waals surface area (Å²) in [7, 11) is 0. The third-order valence-electron chi connectivity index (χ3n) is 22.7. The fraction of sp³-hybridized carbons (Fsp3) is 0.0286. The maximum absolute atomic E-state index is 7.10. The minimum absolute atomic E-state index is 0.195. The van der Waals surface area contributed by atoms with Crippen LogP contribution in [0.15, 0.2) is 401 Å². The largest absolute Gasteiger partial charge is 0.456 e. The Morgan fingerprint density at radius 2 is 0.536 bits per heavy atom. The normalized spacial score (nSPS) is 12.3. The van der Waals surface area contributed by atoms with Crippen molar-refractivity contribution in [3.8, 4) is 100 Å². The smallest absolute Gasteiger partial charge is 0.137 e. The Kier molecular flexibility index (Phi) is 15.2. The summed E-state index contributed by atoms with van der Waals surface area (Å²) < 4.78 is 20.2. The van der Waals surface area contributed by atoms with Crippen LogP contribution in [0.25, 0.3) is 166 Å². The van der Waals surface area contributed by atoms with Crippen LogP contribution in [0.5, 0.6) is 0 Å². The van der Waals surface area contributed by atoms with Crippen molar-refractivity contribution in [3.05, 3.63) is 399 Å². The van der Waals surface area contributed by atoms with Crippen LogP contribution >= 0.6 is 0 Å². The lowest BCUT2D eigenvalue weighted by Gasteiger charge is -2.28. The SMILES string of the molecule is CC1(C)c2ccccc2-c2ccc(N(c3ccc(-c4cccc(-c5ccc6c(c5)oc5cc(N(c7ccccc7)c7ccc(-c8ccc(-c9ccccc9)cc8)cc7)c(-c7ccc(-c8ccccc8)cc7)cc56)c4)cc3)c3ccc(-c4cc5oc6ccccc6c5cc4-c4ccc5c(c4)oc4ccccc45)cc3)cc21. The number of nitrogens with zero attached hydrogens (tertiary/aromatic N) is 2. The van der Waals surface area contributed by atoms with E-state index in [2.05, 4.69) is 394 Å². The highest BCUT2D eigenvalue weighted by Crippen LogP contribution is 2.53. The highest BCUT2D eigenvalue weighted by Gasteiger charge is 2.36. The summed E-state index contributed by atoms with van der Waals surface area (Å²) in [6.45, 7) is 4.71. The monoisotopic (exact) mass is 1410 g/mol. The molecule has 0 fully saturated rings. The van der Waals surface area contributed by atoms with Crippen LogP contribution in [0, 0.1) is 0 Å². The Labute approximate surface area is 637 Å². The summed E-state index contributed by atoms with van der Waals surface area (Å²) in [4.78, 5) is 4.77. The van der Waals surface area contributed by atoms with Gasteiger partial charge in [0.15, 0.2) is 0 Å². The van der Waals surface area contributed by atoms with Gasteiger partial charge in [-0.25, -0.2) is 0 Å². The molecule has 0 saturated heterocycles. The maximum atomic E-state index is 7.10. The van der Waals surface area contributed by atoms with Gasteiger partial charge in [-0.1, -0.05) is 275 Å².